The van der Waals surface area contributed by atoms with Crippen molar-refractivity contribution in [2.45, 2.75) is 43.8 Å². The highest BCUT2D eigenvalue weighted by atomic mass is 35.5. The van der Waals surface area contributed by atoms with Crippen LogP contribution in [0.1, 0.15) is 32.6 Å². The number of nitrogens with two attached hydrogens (primary N) is 1. The fourth-order valence-corrected chi connectivity index (χ4v) is 3.01. The van der Waals surface area contributed by atoms with Crippen LogP contribution in [0.5, 0.6) is 0 Å². The van der Waals surface area contributed by atoms with Crippen molar-refractivity contribution in [3.63, 3.8) is 0 Å². The third-order valence-corrected chi connectivity index (χ3v) is 4.34. The second-order valence-corrected chi connectivity index (χ2v) is 6.17. The molecular weight excluding hydrogens is 276 g/mol. The maximum Gasteiger partial charge on any atom is 0.220 e. The Balaban J connectivity index is 2.15. The van der Waals surface area contributed by atoms with E-state index in [1.165, 1.54) is 25.0 Å². The Morgan fingerprint density at radius 3 is 2.88 bits per heavy atom. The fraction of sp³-hybridized carbons (Fsp3) is 0.900. The number of thiocarbonyl (C=S) groups is 1. The maximum absolute atomic E-state index is 6.22. The van der Waals surface area contributed by atoms with Gasteiger partial charge in [-0.15, -0.1) is 21.8 Å². The van der Waals surface area contributed by atoms with Gasteiger partial charge in [0.15, 0.2) is 0 Å². The number of alkyl halides is 1. The number of hydrogen-bond donors (Lipinski definition) is 2. The van der Waals surface area contributed by atoms with Gasteiger partial charge in [-0.2, -0.15) is 11.8 Å². The molecule has 0 aromatic heterocycles. The molecule has 1 aliphatic heterocycles. The second kappa shape index (κ2) is 7.51. The Hall–Kier alpha value is 0.0900. The fourth-order valence-electron chi connectivity index (χ4n) is 1.45. The predicted molar refractivity (Wildman–Crippen MR) is 78.6 cm³/mol. The van der Waals surface area contributed by atoms with Gasteiger partial charge in [-0.05, 0) is 36.6 Å². The van der Waals surface area contributed by atoms with Crippen molar-refractivity contribution < 1.29 is 0 Å². The third-order valence-electron chi connectivity index (χ3n) is 2.50. The normalized spacial score (nSPS) is 25.0. The van der Waals surface area contributed by atoms with E-state index in [1.807, 2.05) is 11.8 Å². The highest BCUT2D eigenvalue weighted by molar-refractivity contribution is 7.99. The Morgan fingerprint density at radius 1 is 1.53 bits per heavy atom. The number of azo groups is 1. The zero-order valence-electron chi connectivity index (χ0n) is 9.99. The molecule has 0 aliphatic carbocycles. The lowest BCUT2D eigenvalue weighted by atomic mass is 10.2. The Morgan fingerprint density at radius 2 is 2.29 bits per heavy atom. The molecule has 0 bridgehead atoms. The Kier molecular flexibility index (Phi) is 6.69. The minimum absolute atomic E-state index is 0.287. The lowest BCUT2D eigenvalue weighted by Gasteiger charge is -2.25. The van der Waals surface area contributed by atoms with E-state index in [4.69, 9.17) is 29.6 Å². The number of halogens is 1. The molecule has 0 saturated carbocycles. The van der Waals surface area contributed by atoms with Gasteiger partial charge in [0.2, 0.25) is 10.9 Å². The highest BCUT2D eigenvalue weighted by Crippen LogP contribution is 2.22. The first-order valence-corrected chi connectivity index (χ1v) is 7.84. The van der Waals surface area contributed by atoms with Crippen molar-refractivity contribution in [2.24, 2.45) is 16.0 Å². The van der Waals surface area contributed by atoms with E-state index in [0.717, 1.165) is 12.2 Å². The predicted octanol–water partition coefficient (Wildman–Crippen LogP) is 2.86. The average Bonchev–Trinajstić information content (AvgIpc) is 2.65. The standard InChI is InChI=1S/C10H19ClN4S2/c1-2-3-4-6-17-7-5-8(11)10(12)13-9(16)14-15-10/h8H,2-7,12H2,1H3,(H,13,16). The average molecular weight is 295 g/mol. The largest absolute Gasteiger partial charge is 0.321 e. The molecule has 0 amide bonds. The van der Waals surface area contributed by atoms with Crippen LogP contribution < -0.4 is 11.1 Å². The molecule has 2 unspecified atom stereocenters. The van der Waals surface area contributed by atoms with Crippen molar-refractivity contribution >= 4 is 40.7 Å². The molecule has 3 N–H and O–H groups in total. The number of nitrogens with zero attached hydrogens (tertiary/aromatic N) is 2. The van der Waals surface area contributed by atoms with Crippen LogP contribution in [0.15, 0.2) is 10.2 Å². The molecule has 0 radical (unpaired) electrons. The van der Waals surface area contributed by atoms with Crippen LogP contribution in [-0.2, 0) is 0 Å². The topological polar surface area (TPSA) is 62.8 Å². The molecular formula is C10H19ClN4S2. The van der Waals surface area contributed by atoms with Gasteiger partial charge in [-0.25, -0.2) is 0 Å². The van der Waals surface area contributed by atoms with Crippen LogP contribution >= 0.6 is 35.6 Å². The molecule has 17 heavy (non-hydrogen) atoms. The molecule has 2 atom stereocenters. The van der Waals surface area contributed by atoms with E-state index in [-0.39, 0.29) is 5.38 Å². The molecule has 98 valence electrons. The van der Waals surface area contributed by atoms with E-state index in [0.29, 0.717) is 5.11 Å². The first-order chi connectivity index (χ1) is 8.08. The van der Waals surface area contributed by atoms with Gasteiger partial charge in [0, 0.05) is 0 Å². The molecule has 0 spiro atoms. The molecule has 1 heterocycles. The van der Waals surface area contributed by atoms with E-state index < -0.39 is 5.79 Å². The van der Waals surface area contributed by atoms with Crippen molar-refractivity contribution in [1.29, 1.82) is 0 Å². The summed E-state index contributed by atoms with van der Waals surface area (Å²) in [5.41, 5.74) is 5.96. The van der Waals surface area contributed by atoms with Gasteiger partial charge < -0.3 is 5.32 Å². The molecule has 1 aliphatic rings. The van der Waals surface area contributed by atoms with Gasteiger partial charge in [-0.3, -0.25) is 5.73 Å². The summed E-state index contributed by atoms with van der Waals surface area (Å²) in [7, 11) is 0. The van der Waals surface area contributed by atoms with Gasteiger partial charge >= 0.3 is 0 Å². The van der Waals surface area contributed by atoms with Crippen molar-refractivity contribution in [2.75, 3.05) is 11.5 Å². The first kappa shape index (κ1) is 15.1. The molecule has 1 rings (SSSR count). The summed E-state index contributed by atoms with van der Waals surface area (Å²) >= 11 is 13.0. The number of thioether (sulfide) groups is 1. The quantitative estimate of drug-likeness (QED) is 0.410. The second-order valence-electron chi connectivity index (χ2n) is 4.03. The lowest BCUT2D eigenvalue weighted by molar-refractivity contribution is 0.394. The minimum Gasteiger partial charge on any atom is -0.321 e. The Bertz CT molecular complexity index is 287. The monoisotopic (exact) mass is 294 g/mol. The van der Waals surface area contributed by atoms with Gasteiger partial charge in [0.25, 0.3) is 0 Å². The lowest BCUT2D eigenvalue weighted by Crippen LogP contribution is -2.56. The Labute approximate surface area is 117 Å². The first-order valence-electron chi connectivity index (χ1n) is 5.84. The molecule has 0 aromatic rings. The van der Waals surface area contributed by atoms with Crippen LogP contribution in [0.2, 0.25) is 0 Å². The summed E-state index contributed by atoms with van der Waals surface area (Å²) < 4.78 is 0. The summed E-state index contributed by atoms with van der Waals surface area (Å²) in [6.07, 6.45) is 4.61. The van der Waals surface area contributed by atoms with Crippen LogP contribution in [0.25, 0.3) is 0 Å². The molecule has 0 aromatic carbocycles. The molecule has 4 nitrogen and oxygen atoms in total. The summed E-state index contributed by atoms with van der Waals surface area (Å²) in [6, 6.07) is 0. The molecule has 0 saturated heterocycles. The molecule has 0 fully saturated rings. The van der Waals surface area contributed by atoms with Crippen LogP contribution in [0.4, 0.5) is 0 Å². The number of rotatable bonds is 8. The zero-order valence-corrected chi connectivity index (χ0v) is 12.4. The SMILES string of the molecule is CCCCCSCCC(Cl)C1(N)N=NC(=S)N1. The van der Waals surface area contributed by atoms with E-state index in [9.17, 15) is 0 Å². The third kappa shape index (κ3) is 5.07. The highest BCUT2D eigenvalue weighted by Gasteiger charge is 2.37. The van der Waals surface area contributed by atoms with Gasteiger partial charge in [0.1, 0.15) is 0 Å². The smallest absolute Gasteiger partial charge is 0.220 e. The minimum atomic E-state index is -1.01. The van der Waals surface area contributed by atoms with E-state index in [1.54, 1.807) is 0 Å². The number of nitrogens with one attached hydrogen (secondary N) is 1. The van der Waals surface area contributed by atoms with Crippen LogP contribution in [0.3, 0.4) is 0 Å². The summed E-state index contributed by atoms with van der Waals surface area (Å²) in [5.74, 6) is 1.16. The van der Waals surface area contributed by atoms with E-state index >= 15 is 0 Å². The van der Waals surface area contributed by atoms with Crippen molar-refractivity contribution in [3.05, 3.63) is 0 Å². The van der Waals surface area contributed by atoms with Crippen LogP contribution in [-0.4, -0.2) is 27.8 Å². The number of hydrogen-bond acceptors (Lipinski definition) is 4. The van der Waals surface area contributed by atoms with Gasteiger partial charge in [0.05, 0.1) is 5.38 Å². The van der Waals surface area contributed by atoms with Crippen molar-refractivity contribution in [1.82, 2.24) is 5.32 Å². The van der Waals surface area contributed by atoms with Gasteiger partial charge in [-0.1, -0.05) is 19.8 Å². The van der Waals surface area contributed by atoms with Crippen molar-refractivity contribution in [3.8, 4) is 0 Å². The number of unbranched alkanes of at least 4 members (excludes halogenated alkanes) is 2. The zero-order chi connectivity index (χ0) is 12.7. The summed E-state index contributed by atoms with van der Waals surface area (Å²) in [5, 5.41) is 10.4. The summed E-state index contributed by atoms with van der Waals surface area (Å²) in [6.45, 7) is 2.21. The van der Waals surface area contributed by atoms with Crippen LogP contribution in [0, 0.1) is 0 Å². The van der Waals surface area contributed by atoms with E-state index in [2.05, 4.69) is 22.5 Å². The summed E-state index contributed by atoms with van der Waals surface area (Å²) in [4.78, 5) is 0. The maximum atomic E-state index is 6.22. The molecule has 7 heteroatoms.